The summed E-state index contributed by atoms with van der Waals surface area (Å²) in [6.45, 7) is 0.334. The molecule has 0 amide bonds. The number of anilines is 2. The van der Waals surface area contributed by atoms with Gasteiger partial charge in [-0.05, 0) is 24.3 Å². The normalized spacial score (nSPS) is 12.2. The van der Waals surface area contributed by atoms with Gasteiger partial charge in [-0.15, -0.1) is 0 Å². The fourth-order valence-corrected chi connectivity index (χ4v) is 4.50. The Bertz CT molecular complexity index is 1030. The summed E-state index contributed by atoms with van der Waals surface area (Å²) >= 11 is 1.52. The van der Waals surface area contributed by atoms with Crippen molar-refractivity contribution in [2.24, 2.45) is 5.73 Å². The van der Waals surface area contributed by atoms with Gasteiger partial charge in [0.15, 0.2) is 0 Å². The van der Waals surface area contributed by atoms with Crippen molar-refractivity contribution in [1.82, 2.24) is 0 Å². The van der Waals surface area contributed by atoms with Gasteiger partial charge in [0.05, 0.1) is 32.0 Å². The number of nitrogens with zero attached hydrogens (tertiary/aromatic N) is 1. The number of nitrogens with two attached hydrogens (primary N) is 1. The topological polar surface area (TPSA) is 122 Å². The van der Waals surface area contributed by atoms with Crippen molar-refractivity contribution >= 4 is 35.1 Å². The molecule has 0 unspecified atom stereocenters. The zero-order chi connectivity index (χ0) is 24.2. The molecule has 1 aliphatic rings. The highest BCUT2D eigenvalue weighted by Gasteiger charge is 2.38. The van der Waals surface area contributed by atoms with E-state index in [0.29, 0.717) is 17.9 Å². The number of carbonyl (C=O) groups is 2. The Balaban J connectivity index is 0.000000451. The van der Waals surface area contributed by atoms with Crippen molar-refractivity contribution in [2.75, 3.05) is 26.2 Å². The maximum atomic E-state index is 11.4. The first-order valence-electron chi connectivity index (χ1n) is 8.99. The summed E-state index contributed by atoms with van der Waals surface area (Å²) in [5.74, 6) is -2.35. The zero-order valence-corrected chi connectivity index (χ0v) is 18.1. The minimum Gasteiger partial charge on any atom is -0.496 e. The average Bonchev–Trinajstić information content (AvgIpc) is 2.73. The van der Waals surface area contributed by atoms with Crippen molar-refractivity contribution in [1.29, 1.82) is 0 Å². The number of hydrogen-bond acceptors (Lipinski definition) is 7. The summed E-state index contributed by atoms with van der Waals surface area (Å²) in [5.41, 5.74) is 9.50. The summed E-state index contributed by atoms with van der Waals surface area (Å²) in [4.78, 5) is 24.2. The third-order valence-corrected chi connectivity index (χ3v) is 5.85. The van der Waals surface area contributed by atoms with Crippen LogP contribution < -0.4 is 20.1 Å². The second kappa shape index (κ2) is 10.0. The fourth-order valence-electron chi connectivity index (χ4n) is 3.08. The van der Waals surface area contributed by atoms with Gasteiger partial charge in [-0.3, -0.25) is 4.79 Å². The largest absolute Gasteiger partial charge is 0.496 e. The van der Waals surface area contributed by atoms with E-state index in [9.17, 15) is 23.1 Å². The van der Waals surface area contributed by atoms with Crippen LogP contribution >= 0.6 is 11.8 Å². The van der Waals surface area contributed by atoms with Crippen LogP contribution in [0.25, 0.3) is 0 Å². The molecular weight excluding hydrogens is 453 g/mol. The molecule has 0 fully saturated rings. The van der Waals surface area contributed by atoms with Crippen LogP contribution in [0.15, 0.2) is 34.1 Å². The highest BCUT2D eigenvalue weighted by Crippen LogP contribution is 2.53. The van der Waals surface area contributed by atoms with E-state index < -0.39 is 18.1 Å². The molecule has 2 aromatic rings. The summed E-state index contributed by atoms with van der Waals surface area (Å²) < 4.78 is 42.6. The minimum atomic E-state index is -5.08. The van der Waals surface area contributed by atoms with Crippen LogP contribution in [0.5, 0.6) is 11.5 Å². The molecule has 2 aromatic carbocycles. The van der Waals surface area contributed by atoms with Gasteiger partial charge < -0.3 is 30.3 Å². The lowest BCUT2D eigenvalue weighted by Gasteiger charge is -2.33. The third kappa shape index (κ3) is 5.19. The van der Waals surface area contributed by atoms with Crippen LogP contribution in [0, 0.1) is 0 Å². The van der Waals surface area contributed by atoms with Crippen molar-refractivity contribution < 1.29 is 42.4 Å². The van der Waals surface area contributed by atoms with E-state index in [4.69, 9.17) is 25.1 Å². The summed E-state index contributed by atoms with van der Waals surface area (Å²) in [6.07, 6.45) is -5.19. The highest BCUT2D eigenvalue weighted by molar-refractivity contribution is 7.99. The third-order valence-electron chi connectivity index (χ3n) is 4.53. The molecule has 0 spiro atoms. The van der Waals surface area contributed by atoms with Crippen LogP contribution in [-0.2, 0) is 22.6 Å². The number of benzene rings is 2. The molecule has 12 heteroatoms. The van der Waals surface area contributed by atoms with Gasteiger partial charge in [-0.25, -0.2) is 4.79 Å². The molecule has 4 N–H and O–H groups in total. The van der Waals surface area contributed by atoms with E-state index >= 15 is 0 Å². The van der Waals surface area contributed by atoms with Gasteiger partial charge in [0.25, 0.3) is 0 Å². The van der Waals surface area contributed by atoms with Gasteiger partial charge >= 0.3 is 18.1 Å². The number of ether oxygens (including phenoxy) is 2. The molecule has 3 rings (SSSR count). The van der Waals surface area contributed by atoms with Crippen molar-refractivity contribution in [3.63, 3.8) is 0 Å². The number of carboxylic acids is 2. The number of methoxy groups -OCH3 is 2. The maximum absolute atomic E-state index is 11.4. The van der Waals surface area contributed by atoms with Crippen molar-refractivity contribution in [2.45, 2.75) is 28.9 Å². The Morgan fingerprint density at radius 3 is 1.81 bits per heavy atom. The maximum Gasteiger partial charge on any atom is 0.490 e. The standard InChI is InChI=1S/C18H20N2O4S.C2HF3O2/c1-20-12-4-6-14(23-2)10(8-16(21)22)17(12)25-18-11(9-19)15(24-3)7-5-13(18)20;3-2(4,5)1(6)7/h4-7H,8-9,19H2,1-3H3,(H,21,22);(H,6,7). The number of hydrogen-bond donors (Lipinski definition) is 3. The molecule has 8 nitrogen and oxygen atoms in total. The fraction of sp³-hybridized carbons (Fsp3) is 0.300. The lowest BCUT2D eigenvalue weighted by atomic mass is 10.1. The monoisotopic (exact) mass is 474 g/mol. The van der Waals surface area contributed by atoms with Gasteiger partial charge in [0.2, 0.25) is 0 Å². The molecule has 1 aliphatic heterocycles. The van der Waals surface area contributed by atoms with Gasteiger partial charge in [0.1, 0.15) is 11.5 Å². The number of aliphatic carboxylic acids is 2. The molecule has 0 bridgehead atoms. The van der Waals surface area contributed by atoms with Crippen LogP contribution in [0.4, 0.5) is 24.5 Å². The van der Waals surface area contributed by atoms with E-state index in [1.807, 2.05) is 36.2 Å². The molecule has 0 saturated carbocycles. The molecular formula is C20H21F3N2O6S. The lowest BCUT2D eigenvalue weighted by molar-refractivity contribution is -0.192. The van der Waals surface area contributed by atoms with E-state index in [1.165, 1.54) is 11.8 Å². The predicted molar refractivity (Wildman–Crippen MR) is 111 cm³/mol. The molecule has 174 valence electrons. The smallest absolute Gasteiger partial charge is 0.490 e. The number of carboxylic acid groups (broad SMARTS) is 2. The second-order valence-electron chi connectivity index (χ2n) is 6.43. The Morgan fingerprint density at radius 1 is 1.00 bits per heavy atom. The molecule has 0 radical (unpaired) electrons. The quantitative estimate of drug-likeness (QED) is 0.596. The number of fused-ring (bicyclic) bond motifs is 2. The summed E-state index contributed by atoms with van der Waals surface area (Å²) in [5, 5.41) is 16.4. The van der Waals surface area contributed by atoms with Crippen molar-refractivity contribution in [3.05, 3.63) is 35.4 Å². The van der Waals surface area contributed by atoms with E-state index in [0.717, 1.165) is 32.5 Å². The van der Waals surface area contributed by atoms with E-state index in [2.05, 4.69) is 0 Å². The van der Waals surface area contributed by atoms with Crippen LogP contribution in [0.2, 0.25) is 0 Å². The van der Waals surface area contributed by atoms with E-state index in [1.54, 1.807) is 14.2 Å². The number of alkyl halides is 3. The minimum absolute atomic E-state index is 0.107. The van der Waals surface area contributed by atoms with Crippen molar-refractivity contribution in [3.8, 4) is 11.5 Å². The summed E-state index contributed by atoms with van der Waals surface area (Å²) in [6, 6.07) is 7.66. The Hall–Kier alpha value is -3.12. The lowest BCUT2D eigenvalue weighted by Crippen LogP contribution is -2.21. The van der Waals surface area contributed by atoms with Gasteiger partial charge in [0, 0.05) is 34.5 Å². The first-order chi connectivity index (χ1) is 15.0. The first-order valence-corrected chi connectivity index (χ1v) is 9.81. The Labute approximate surface area is 185 Å². The molecule has 0 aliphatic carbocycles. The van der Waals surface area contributed by atoms with Gasteiger partial charge in [-0.2, -0.15) is 13.2 Å². The highest BCUT2D eigenvalue weighted by atomic mass is 32.2. The van der Waals surface area contributed by atoms with Crippen LogP contribution in [0.3, 0.4) is 0 Å². The molecule has 1 heterocycles. The van der Waals surface area contributed by atoms with Crippen LogP contribution in [0.1, 0.15) is 11.1 Å². The molecule has 0 atom stereocenters. The second-order valence-corrected chi connectivity index (χ2v) is 7.45. The first kappa shape index (κ1) is 25.1. The molecule has 0 saturated heterocycles. The zero-order valence-electron chi connectivity index (χ0n) is 17.3. The number of halogens is 3. The number of rotatable bonds is 5. The van der Waals surface area contributed by atoms with E-state index in [-0.39, 0.29) is 6.42 Å². The molecule has 32 heavy (non-hydrogen) atoms. The van der Waals surface area contributed by atoms with Crippen LogP contribution in [-0.4, -0.2) is 49.6 Å². The molecule has 0 aromatic heterocycles. The Kier molecular flexibility index (Phi) is 7.86. The Morgan fingerprint density at radius 2 is 1.44 bits per heavy atom. The SMILES string of the molecule is COc1ccc2c(c1CN)Sc1c(ccc(OC)c1CC(=O)O)N2C.O=C(O)C(F)(F)F. The average molecular weight is 474 g/mol. The predicted octanol–water partition coefficient (Wildman–Crippen LogP) is 3.66. The summed E-state index contributed by atoms with van der Waals surface area (Å²) in [7, 11) is 5.12. The van der Waals surface area contributed by atoms with Gasteiger partial charge in [-0.1, -0.05) is 11.8 Å².